The number of carbonyl (C=O) groups excluding carboxylic acids is 3. The third-order valence-electron chi connectivity index (χ3n) is 12.0. The Hall–Kier alpha value is -5.14. The summed E-state index contributed by atoms with van der Waals surface area (Å²) in [5, 5.41) is 11.8. The largest absolute Gasteiger partial charge is 0.494 e. The molecule has 3 amide bonds. The number of carbonyl (C=O) groups is 3. The van der Waals surface area contributed by atoms with Crippen molar-refractivity contribution >= 4 is 62.6 Å². The van der Waals surface area contributed by atoms with Gasteiger partial charge in [0.05, 0.1) is 41.1 Å². The van der Waals surface area contributed by atoms with Crippen LogP contribution in [0.2, 0.25) is 5.02 Å². The van der Waals surface area contributed by atoms with E-state index in [1.54, 1.807) is 47.6 Å². The summed E-state index contributed by atoms with van der Waals surface area (Å²) in [6, 6.07) is 16.6. The molecule has 55 heavy (non-hydrogen) atoms. The number of imide groups is 1. The number of nitrogens with one attached hydrogen (secondary N) is 2. The fourth-order valence-electron chi connectivity index (χ4n) is 8.92. The summed E-state index contributed by atoms with van der Waals surface area (Å²) in [6.07, 6.45) is 9.05. The number of aromatic nitrogens is 4. The second-order valence-corrected chi connectivity index (χ2v) is 15.8. The molecule has 1 unspecified atom stereocenters. The molecule has 1 aliphatic carbocycles. The van der Waals surface area contributed by atoms with Gasteiger partial charge >= 0.3 is 5.69 Å². The minimum Gasteiger partial charge on any atom is -0.494 e. The normalized spacial score (nSPS) is 21.0. The molecule has 5 aromatic rings. The van der Waals surface area contributed by atoms with E-state index in [4.69, 9.17) is 21.4 Å². The number of para-hydroxylation sites is 1. The van der Waals surface area contributed by atoms with Crippen LogP contribution in [0, 0.1) is 5.92 Å². The molecule has 2 N–H and O–H groups in total. The lowest BCUT2D eigenvalue weighted by Gasteiger charge is -2.40. The zero-order chi connectivity index (χ0) is 38.4. The Morgan fingerprint density at radius 2 is 1.75 bits per heavy atom. The lowest BCUT2D eigenvalue weighted by molar-refractivity contribution is -0.135. The lowest BCUT2D eigenvalue weighted by Crippen LogP contribution is -2.45. The Morgan fingerprint density at radius 3 is 2.45 bits per heavy atom. The molecule has 0 spiro atoms. The molecule has 288 valence electrons. The highest BCUT2D eigenvalue weighted by Crippen LogP contribution is 2.37. The number of benzene rings is 3. The summed E-state index contributed by atoms with van der Waals surface area (Å²) in [4.78, 5) is 55.8. The van der Waals surface area contributed by atoms with Gasteiger partial charge in [-0.3, -0.25) is 33.5 Å². The van der Waals surface area contributed by atoms with Crippen LogP contribution in [0.15, 0.2) is 65.6 Å². The number of methoxy groups -OCH3 is 1. The van der Waals surface area contributed by atoms with Gasteiger partial charge in [0.1, 0.15) is 11.8 Å². The smallest absolute Gasteiger partial charge is 0.329 e. The first-order chi connectivity index (χ1) is 26.6. The molecule has 1 atom stereocenters. The van der Waals surface area contributed by atoms with Crippen LogP contribution in [0.1, 0.15) is 73.8 Å². The minimum atomic E-state index is -0.697. The van der Waals surface area contributed by atoms with Gasteiger partial charge in [0.25, 0.3) is 5.91 Å². The SMILES string of the molecule is COc1cc2nn([C@H]3CC[C@H](CN(C)C4CCN(c5cccc6c5n(C)c(=O)n6C5CCC(=O)NC5=O)CC4)CC3)cc2cc1NC(=O)c1ccc(Cl)cc1. The molecule has 4 heterocycles. The number of ether oxygens (including phenoxy) is 1. The van der Waals surface area contributed by atoms with Crippen molar-refractivity contribution < 1.29 is 19.1 Å². The van der Waals surface area contributed by atoms with Crippen LogP contribution in [0.25, 0.3) is 21.9 Å². The van der Waals surface area contributed by atoms with Gasteiger partial charge in [-0.1, -0.05) is 17.7 Å². The monoisotopic (exact) mass is 766 g/mol. The number of nitrogens with zero attached hydrogens (tertiary/aromatic N) is 6. The predicted molar refractivity (Wildman–Crippen MR) is 213 cm³/mol. The lowest BCUT2D eigenvalue weighted by atomic mass is 9.85. The van der Waals surface area contributed by atoms with E-state index < -0.39 is 11.9 Å². The van der Waals surface area contributed by atoms with Crippen molar-refractivity contribution in [2.24, 2.45) is 13.0 Å². The third-order valence-corrected chi connectivity index (χ3v) is 12.2. The van der Waals surface area contributed by atoms with E-state index in [9.17, 15) is 19.2 Å². The van der Waals surface area contributed by atoms with Crippen molar-refractivity contribution in [2.45, 2.75) is 69.5 Å². The molecule has 14 heteroatoms. The van der Waals surface area contributed by atoms with E-state index in [0.29, 0.717) is 46.4 Å². The average Bonchev–Trinajstić information content (AvgIpc) is 3.72. The van der Waals surface area contributed by atoms with Gasteiger partial charge in [-0.25, -0.2) is 4.79 Å². The number of fused-ring (bicyclic) bond motifs is 2. The van der Waals surface area contributed by atoms with Crippen LogP contribution in [0.3, 0.4) is 0 Å². The maximum absolute atomic E-state index is 13.4. The number of halogens is 1. The molecule has 13 nitrogen and oxygen atoms in total. The number of aryl methyl sites for hydroxylation is 1. The third kappa shape index (κ3) is 7.22. The standard InChI is InChI=1S/C41H47ClN8O5/c1-46(29-17-19-48(20-18-29)33-5-4-6-34-38(33)47(2)41(54)50(34)35-15-16-37(51)44-40(35)53)23-25-7-13-30(14-8-25)49-24-27-21-32(36(55-3)22-31(27)45-49)43-39(52)26-9-11-28(42)12-10-26/h4-6,9-12,21-22,24-25,29-30,35H,7-8,13-20,23H2,1-3H3,(H,43,52)(H,44,51,53)/t25-,30-,35?. The molecular formula is C41H47ClN8O5. The highest BCUT2D eigenvalue weighted by Gasteiger charge is 2.33. The van der Waals surface area contributed by atoms with Crippen molar-refractivity contribution in [3.05, 3.63) is 81.9 Å². The number of amides is 3. The molecule has 0 bridgehead atoms. The highest BCUT2D eigenvalue weighted by molar-refractivity contribution is 6.30. The van der Waals surface area contributed by atoms with Crippen LogP contribution >= 0.6 is 11.6 Å². The quantitative estimate of drug-likeness (QED) is 0.177. The molecule has 3 fully saturated rings. The van der Waals surface area contributed by atoms with Gasteiger partial charge < -0.3 is 19.9 Å². The molecule has 2 aliphatic heterocycles. The Morgan fingerprint density at radius 1 is 1.00 bits per heavy atom. The van der Waals surface area contributed by atoms with Crippen LogP contribution < -0.4 is 26.0 Å². The van der Waals surface area contributed by atoms with E-state index >= 15 is 0 Å². The molecule has 3 aromatic carbocycles. The molecule has 2 aromatic heterocycles. The molecule has 3 aliphatic rings. The molecule has 0 radical (unpaired) electrons. The number of anilines is 2. The van der Waals surface area contributed by atoms with Gasteiger partial charge in [0.2, 0.25) is 11.8 Å². The first-order valence-corrected chi connectivity index (χ1v) is 19.6. The van der Waals surface area contributed by atoms with Crippen LogP contribution in [0.5, 0.6) is 5.75 Å². The van der Waals surface area contributed by atoms with E-state index in [1.807, 2.05) is 24.3 Å². The summed E-state index contributed by atoms with van der Waals surface area (Å²) in [7, 11) is 5.61. The van der Waals surface area contributed by atoms with Gasteiger partial charge in [-0.15, -0.1) is 0 Å². The van der Waals surface area contributed by atoms with Crippen molar-refractivity contribution in [3.63, 3.8) is 0 Å². The Labute approximate surface area is 324 Å². The van der Waals surface area contributed by atoms with Gasteiger partial charge in [0.15, 0.2) is 0 Å². The fourth-order valence-corrected chi connectivity index (χ4v) is 9.05. The second-order valence-electron chi connectivity index (χ2n) is 15.3. The number of piperidine rings is 2. The minimum absolute atomic E-state index is 0.218. The Bertz CT molecular complexity index is 2310. The first kappa shape index (κ1) is 36.8. The Balaban J connectivity index is 0.866. The zero-order valence-electron chi connectivity index (χ0n) is 31.5. The average molecular weight is 767 g/mol. The summed E-state index contributed by atoms with van der Waals surface area (Å²) >= 11 is 6.00. The summed E-state index contributed by atoms with van der Waals surface area (Å²) in [6.45, 7) is 2.82. The number of hydrogen-bond donors (Lipinski definition) is 2. The van der Waals surface area contributed by atoms with Crippen molar-refractivity contribution in [2.75, 3.05) is 44.0 Å². The predicted octanol–water partition coefficient (Wildman–Crippen LogP) is 5.91. The van der Waals surface area contributed by atoms with E-state index in [1.165, 1.54) is 0 Å². The number of rotatable bonds is 9. The maximum atomic E-state index is 13.4. The first-order valence-electron chi connectivity index (χ1n) is 19.2. The molecule has 1 saturated carbocycles. The molecular weight excluding hydrogens is 720 g/mol. The van der Waals surface area contributed by atoms with Gasteiger partial charge in [-0.05, 0) is 100 Å². The van der Waals surface area contributed by atoms with Crippen molar-refractivity contribution in [3.8, 4) is 5.75 Å². The van der Waals surface area contributed by atoms with E-state index in [2.05, 4.69) is 44.4 Å². The van der Waals surface area contributed by atoms with Crippen LogP contribution in [-0.4, -0.2) is 81.4 Å². The van der Waals surface area contributed by atoms with Crippen molar-refractivity contribution in [1.29, 1.82) is 0 Å². The number of imidazole rings is 1. The van der Waals surface area contributed by atoms with Crippen molar-refractivity contribution in [1.82, 2.24) is 29.1 Å². The molecule has 2 saturated heterocycles. The highest BCUT2D eigenvalue weighted by atomic mass is 35.5. The van der Waals surface area contributed by atoms with Crippen LogP contribution in [-0.2, 0) is 16.6 Å². The zero-order valence-corrected chi connectivity index (χ0v) is 32.2. The summed E-state index contributed by atoms with van der Waals surface area (Å²) in [5.74, 6) is 0.230. The second kappa shape index (κ2) is 15.2. The molecule has 8 rings (SSSR count). The van der Waals surface area contributed by atoms with E-state index in [-0.39, 0.29) is 23.9 Å². The fraction of sp³-hybridized carbons (Fsp3) is 0.439. The van der Waals surface area contributed by atoms with Gasteiger partial charge in [-0.2, -0.15) is 5.10 Å². The topological polar surface area (TPSA) is 136 Å². The Kier molecular flexibility index (Phi) is 10.2. The maximum Gasteiger partial charge on any atom is 0.329 e. The van der Waals surface area contributed by atoms with E-state index in [0.717, 1.165) is 85.8 Å². The summed E-state index contributed by atoms with van der Waals surface area (Å²) in [5.41, 5.74) is 4.25. The summed E-state index contributed by atoms with van der Waals surface area (Å²) < 4.78 is 10.9. The van der Waals surface area contributed by atoms with Gasteiger partial charge in [0, 0.05) is 67.4 Å². The van der Waals surface area contributed by atoms with Crippen LogP contribution in [0.4, 0.5) is 11.4 Å². The number of hydrogen-bond acceptors (Lipinski definition) is 8.